The minimum absolute atomic E-state index is 0.156. The molecule has 1 N–H and O–H groups in total. The summed E-state index contributed by atoms with van der Waals surface area (Å²) in [5.74, 6) is 0.551. The van der Waals surface area contributed by atoms with Crippen LogP contribution in [0.15, 0.2) is 66.3 Å². The van der Waals surface area contributed by atoms with Crippen LogP contribution in [0.4, 0.5) is 5.69 Å². The van der Waals surface area contributed by atoms with Crippen LogP contribution in [0.3, 0.4) is 0 Å². The van der Waals surface area contributed by atoms with Crippen LogP contribution >= 0.6 is 0 Å². The van der Waals surface area contributed by atoms with Gasteiger partial charge in [0.2, 0.25) is 5.91 Å². The number of aromatic nitrogens is 2. The Balaban J connectivity index is 1.55. The van der Waals surface area contributed by atoms with E-state index >= 15 is 0 Å². The Morgan fingerprint density at radius 1 is 1.09 bits per heavy atom. The quantitative estimate of drug-likeness (QED) is 0.503. The fourth-order valence-electron chi connectivity index (χ4n) is 3.04. The van der Waals surface area contributed by atoms with Crippen molar-refractivity contribution in [1.82, 2.24) is 9.78 Å². The summed E-state index contributed by atoms with van der Waals surface area (Å²) in [4.78, 5) is 12.2. The van der Waals surface area contributed by atoms with E-state index in [0.29, 0.717) is 23.7 Å². The summed E-state index contributed by atoms with van der Waals surface area (Å²) in [6.45, 7) is 0.412. The highest BCUT2D eigenvalue weighted by Crippen LogP contribution is 2.31. The number of hydrogen-bond donors (Lipinski definition) is 1. The van der Waals surface area contributed by atoms with Gasteiger partial charge in [-0.2, -0.15) is 5.10 Å². The lowest BCUT2D eigenvalue weighted by Crippen LogP contribution is -2.16. The molecule has 0 radical (unpaired) electrons. The number of anilines is 1. The number of carbonyl (C=O) groups excluding carboxylic acids is 1. The molecule has 0 aliphatic heterocycles. The molecule has 2 aromatic carbocycles. The number of benzene rings is 2. The van der Waals surface area contributed by atoms with Crippen molar-refractivity contribution in [3.8, 4) is 11.5 Å². The minimum atomic E-state index is -3.50. The molecule has 1 aromatic heterocycles. The Bertz CT molecular complexity index is 1190. The lowest BCUT2D eigenvalue weighted by atomic mass is 10.2. The maximum absolute atomic E-state index is 12.2. The molecule has 0 saturated heterocycles. The van der Waals surface area contributed by atoms with E-state index in [1.165, 1.54) is 12.3 Å². The molecule has 0 aliphatic carbocycles. The normalized spacial score (nSPS) is 11.4. The van der Waals surface area contributed by atoms with Gasteiger partial charge in [0.05, 0.1) is 38.4 Å². The van der Waals surface area contributed by atoms with Crippen LogP contribution in [0.2, 0.25) is 0 Å². The van der Waals surface area contributed by atoms with Gasteiger partial charge in [-0.1, -0.05) is 42.5 Å². The van der Waals surface area contributed by atoms with Gasteiger partial charge >= 0.3 is 0 Å². The molecule has 3 rings (SSSR count). The average Bonchev–Trinajstić information content (AvgIpc) is 3.23. The van der Waals surface area contributed by atoms with Crippen LogP contribution in [-0.2, 0) is 21.2 Å². The number of nitrogens with one attached hydrogen (secondary N) is 1. The van der Waals surface area contributed by atoms with Crippen LogP contribution in [0, 0.1) is 0 Å². The second-order valence-corrected chi connectivity index (χ2v) is 8.96. The largest absolute Gasteiger partial charge is 0.493 e. The maximum Gasteiger partial charge on any atom is 0.225 e. The van der Waals surface area contributed by atoms with E-state index in [0.717, 1.165) is 16.5 Å². The first-order chi connectivity index (χ1) is 15.4. The summed E-state index contributed by atoms with van der Waals surface area (Å²) in [6, 6.07) is 14.7. The van der Waals surface area contributed by atoms with Gasteiger partial charge in [0.1, 0.15) is 0 Å². The monoisotopic (exact) mass is 455 g/mol. The summed E-state index contributed by atoms with van der Waals surface area (Å²) in [5.41, 5.74) is 2.12. The SMILES string of the molecule is COc1cccc(Cn2cc(NC(=O)CCS(=O)(=O)/C=C/c3ccccc3)cn2)c1OC. The summed E-state index contributed by atoms with van der Waals surface area (Å²) in [5, 5.41) is 8.06. The summed E-state index contributed by atoms with van der Waals surface area (Å²) in [7, 11) is -0.366. The number of para-hydroxylation sites is 1. The van der Waals surface area contributed by atoms with Gasteiger partial charge in [-0.25, -0.2) is 8.42 Å². The third-order valence-corrected chi connectivity index (χ3v) is 5.94. The molecular weight excluding hydrogens is 430 g/mol. The van der Waals surface area contributed by atoms with Crippen molar-refractivity contribution in [3.63, 3.8) is 0 Å². The Morgan fingerprint density at radius 2 is 1.88 bits per heavy atom. The molecule has 1 heterocycles. The van der Waals surface area contributed by atoms with Gasteiger partial charge in [0.15, 0.2) is 21.3 Å². The molecule has 0 fully saturated rings. The standard InChI is InChI=1S/C23H25N3O5S/c1-30-21-10-6-9-19(23(21)31-2)16-26-17-20(15-24-26)25-22(27)12-14-32(28,29)13-11-18-7-4-3-5-8-18/h3-11,13,15,17H,12,14,16H2,1-2H3,(H,25,27)/b13-11+. The molecule has 3 aromatic rings. The van der Waals surface area contributed by atoms with E-state index in [4.69, 9.17) is 9.47 Å². The highest BCUT2D eigenvalue weighted by Gasteiger charge is 2.13. The Hall–Kier alpha value is -3.59. The van der Waals surface area contributed by atoms with Crippen LogP contribution < -0.4 is 14.8 Å². The molecule has 32 heavy (non-hydrogen) atoms. The number of ether oxygens (including phenoxy) is 2. The number of nitrogens with zero attached hydrogens (tertiary/aromatic N) is 2. The topological polar surface area (TPSA) is 99.5 Å². The fourth-order valence-corrected chi connectivity index (χ4v) is 4.01. The molecule has 1 amide bonds. The predicted molar refractivity (Wildman–Crippen MR) is 123 cm³/mol. The molecule has 9 heteroatoms. The molecule has 0 spiro atoms. The molecule has 0 aliphatic rings. The second-order valence-electron chi connectivity index (χ2n) is 6.96. The molecule has 168 valence electrons. The molecule has 0 bridgehead atoms. The average molecular weight is 456 g/mol. The van der Waals surface area contributed by atoms with Crippen molar-refractivity contribution in [3.05, 3.63) is 77.5 Å². The maximum atomic E-state index is 12.2. The van der Waals surface area contributed by atoms with Crippen molar-refractivity contribution in [1.29, 1.82) is 0 Å². The van der Waals surface area contributed by atoms with Crippen LogP contribution in [0.5, 0.6) is 11.5 Å². The lowest BCUT2D eigenvalue weighted by molar-refractivity contribution is -0.115. The van der Waals surface area contributed by atoms with Crippen LogP contribution in [0.25, 0.3) is 6.08 Å². The third-order valence-electron chi connectivity index (χ3n) is 4.61. The number of sulfone groups is 1. The molecule has 8 nitrogen and oxygen atoms in total. The number of carbonyl (C=O) groups is 1. The van der Waals surface area contributed by atoms with Crippen LogP contribution in [0.1, 0.15) is 17.5 Å². The van der Waals surface area contributed by atoms with E-state index in [9.17, 15) is 13.2 Å². The smallest absolute Gasteiger partial charge is 0.225 e. The van der Waals surface area contributed by atoms with Gasteiger partial charge in [-0.15, -0.1) is 0 Å². The highest BCUT2D eigenvalue weighted by molar-refractivity contribution is 7.94. The lowest BCUT2D eigenvalue weighted by Gasteiger charge is -2.12. The number of rotatable bonds is 10. The van der Waals surface area contributed by atoms with Gasteiger partial charge in [-0.3, -0.25) is 9.48 Å². The van der Waals surface area contributed by atoms with Gasteiger partial charge in [0.25, 0.3) is 0 Å². The molecule has 0 unspecified atom stereocenters. The second kappa shape index (κ2) is 10.6. The zero-order chi connectivity index (χ0) is 23.0. The molecule has 0 saturated carbocycles. The van der Waals surface area contributed by atoms with Crippen molar-refractivity contribution < 1.29 is 22.7 Å². The Labute approximate surface area is 187 Å². The van der Waals surface area contributed by atoms with E-state index in [1.54, 1.807) is 43.3 Å². The van der Waals surface area contributed by atoms with E-state index in [-0.39, 0.29) is 12.2 Å². The summed E-state index contributed by atoms with van der Waals surface area (Å²) in [6.07, 6.45) is 4.54. The van der Waals surface area contributed by atoms with Gasteiger partial charge in [0, 0.05) is 23.6 Å². The molecule has 0 atom stereocenters. The molecular formula is C23H25N3O5S. The van der Waals surface area contributed by atoms with Crippen molar-refractivity contribution >= 4 is 27.5 Å². The first kappa shape index (κ1) is 23.1. The third kappa shape index (κ3) is 6.45. The zero-order valence-corrected chi connectivity index (χ0v) is 18.7. The van der Waals surface area contributed by atoms with Crippen molar-refractivity contribution in [2.45, 2.75) is 13.0 Å². The first-order valence-corrected chi connectivity index (χ1v) is 11.6. The Kier molecular flexibility index (Phi) is 7.67. The van der Waals surface area contributed by atoms with Crippen molar-refractivity contribution in [2.24, 2.45) is 0 Å². The number of amides is 1. The minimum Gasteiger partial charge on any atom is -0.493 e. The summed E-state index contributed by atoms with van der Waals surface area (Å²) >= 11 is 0. The van der Waals surface area contributed by atoms with Crippen LogP contribution in [-0.4, -0.2) is 44.1 Å². The van der Waals surface area contributed by atoms with Gasteiger partial charge < -0.3 is 14.8 Å². The van der Waals surface area contributed by atoms with E-state index in [1.807, 2.05) is 30.3 Å². The zero-order valence-electron chi connectivity index (χ0n) is 17.9. The fraction of sp³-hybridized carbons (Fsp3) is 0.217. The predicted octanol–water partition coefficient (Wildman–Crippen LogP) is 3.36. The number of methoxy groups -OCH3 is 2. The Morgan fingerprint density at radius 3 is 2.59 bits per heavy atom. The summed E-state index contributed by atoms with van der Waals surface area (Å²) < 4.78 is 36.7. The van der Waals surface area contributed by atoms with E-state index < -0.39 is 15.7 Å². The van der Waals surface area contributed by atoms with Crippen molar-refractivity contribution in [2.75, 3.05) is 25.3 Å². The number of hydrogen-bond acceptors (Lipinski definition) is 6. The van der Waals surface area contributed by atoms with Gasteiger partial charge in [-0.05, 0) is 17.7 Å². The van der Waals surface area contributed by atoms with E-state index in [2.05, 4.69) is 10.4 Å². The highest BCUT2D eigenvalue weighted by atomic mass is 32.2. The first-order valence-electron chi connectivity index (χ1n) is 9.88.